The molecule has 0 aromatic carbocycles. The molecule has 2 atom stereocenters. The van der Waals surface area contributed by atoms with Crippen LogP contribution in [0.2, 0.25) is 0 Å². The summed E-state index contributed by atoms with van der Waals surface area (Å²) in [6.45, 7) is 5.78. The molecular weight excluding hydrogens is 778 g/mol. The number of carbonyl (C=O) groups excluding carboxylic acids is 3. The SMILES string of the molecule is CCCCCCCC/C=C\CCCCCCCC(=O)O[C@H](COC(=O)CCCCCCCCCCCCCCC)COP(=O)(O)OCCNC(=O)CCCCCCCCC. The number of amides is 1. The summed E-state index contributed by atoms with van der Waals surface area (Å²) in [6, 6.07) is 0. The maximum atomic E-state index is 12.8. The Kier molecular flexibility index (Phi) is 44.0. The third-order valence-electron chi connectivity index (χ3n) is 11.0. The van der Waals surface area contributed by atoms with Crippen LogP contribution in [0.25, 0.3) is 0 Å². The van der Waals surface area contributed by atoms with Crippen LogP contribution < -0.4 is 5.32 Å². The van der Waals surface area contributed by atoms with E-state index < -0.39 is 32.5 Å². The zero-order valence-corrected chi connectivity index (χ0v) is 40.1. The molecule has 0 radical (unpaired) electrons. The van der Waals surface area contributed by atoms with Crippen LogP contribution in [0.5, 0.6) is 0 Å². The van der Waals surface area contributed by atoms with Crippen LogP contribution in [-0.4, -0.2) is 55.2 Å². The summed E-state index contributed by atoms with van der Waals surface area (Å²) in [6.07, 6.45) is 43.1. The van der Waals surface area contributed by atoms with Gasteiger partial charge in [-0.1, -0.05) is 200 Å². The number of carbonyl (C=O) groups is 3. The van der Waals surface area contributed by atoms with E-state index in [1.807, 2.05) is 0 Å². The van der Waals surface area contributed by atoms with E-state index in [1.54, 1.807) is 0 Å². The summed E-state index contributed by atoms with van der Waals surface area (Å²) in [5.74, 6) is -0.988. The van der Waals surface area contributed by atoms with E-state index in [4.69, 9.17) is 18.5 Å². The first-order valence-electron chi connectivity index (χ1n) is 25.1. The van der Waals surface area contributed by atoms with Crippen molar-refractivity contribution >= 4 is 25.7 Å². The highest BCUT2D eigenvalue weighted by Crippen LogP contribution is 2.43. The zero-order valence-electron chi connectivity index (χ0n) is 39.2. The molecule has 0 saturated heterocycles. The molecule has 0 aliphatic carbocycles. The maximum Gasteiger partial charge on any atom is 0.472 e. The lowest BCUT2D eigenvalue weighted by Gasteiger charge is -2.20. The molecule has 0 aromatic rings. The third kappa shape index (κ3) is 44.3. The molecule has 60 heavy (non-hydrogen) atoms. The van der Waals surface area contributed by atoms with Crippen LogP contribution in [0.3, 0.4) is 0 Å². The highest BCUT2D eigenvalue weighted by atomic mass is 31.2. The summed E-state index contributed by atoms with van der Waals surface area (Å²) in [7, 11) is -4.52. The highest BCUT2D eigenvalue weighted by Gasteiger charge is 2.26. The molecule has 0 bridgehead atoms. The fourth-order valence-corrected chi connectivity index (χ4v) is 7.89. The molecule has 0 fully saturated rings. The fourth-order valence-electron chi connectivity index (χ4n) is 7.14. The van der Waals surface area contributed by atoms with Crippen molar-refractivity contribution in [3.05, 3.63) is 12.2 Å². The van der Waals surface area contributed by atoms with Gasteiger partial charge in [-0.2, -0.15) is 0 Å². The van der Waals surface area contributed by atoms with Crippen molar-refractivity contribution in [3.8, 4) is 0 Å². The van der Waals surface area contributed by atoms with Crippen LogP contribution in [0.15, 0.2) is 12.2 Å². The summed E-state index contributed by atoms with van der Waals surface area (Å²) in [5.41, 5.74) is 0. The number of unbranched alkanes of at least 4 members (excludes halogenated alkanes) is 29. The van der Waals surface area contributed by atoms with Crippen LogP contribution in [-0.2, 0) is 37.5 Å². The number of esters is 2. The minimum absolute atomic E-state index is 0.0639. The summed E-state index contributed by atoms with van der Waals surface area (Å²) < 4.78 is 33.9. The van der Waals surface area contributed by atoms with E-state index in [-0.39, 0.29) is 38.5 Å². The van der Waals surface area contributed by atoms with E-state index >= 15 is 0 Å². The number of hydrogen-bond acceptors (Lipinski definition) is 8. The Labute approximate surface area is 368 Å². The first kappa shape index (κ1) is 58.3. The van der Waals surface area contributed by atoms with Crippen molar-refractivity contribution in [2.45, 2.75) is 258 Å². The average Bonchev–Trinajstić information content (AvgIpc) is 3.23. The smallest absolute Gasteiger partial charge is 0.462 e. The lowest BCUT2D eigenvalue weighted by atomic mass is 10.0. The number of allylic oxidation sites excluding steroid dienone is 2. The molecule has 0 saturated carbocycles. The Balaban J connectivity index is 4.54. The van der Waals surface area contributed by atoms with Crippen molar-refractivity contribution in [2.75, 3.05) is 26.4 Å². The van der Waals surface area contributed by atoms with Gasteiger partial charge >= 0.3 is 19.8 Å². The number of hydrogen-bond donors (Lipinski definition) is 2. The first-order chi connectivity index (χ1) is 29.2. The minimum atomic E-state index is -4.52. The minimum Gasteiger partial charge on any atom is -0.462 e. The maximum absolute atomic E-state index is 12.8. The Morgan fingerprint density at radius 1 is 0.500 bits per heavy atom. The van der Waals surface area contributed by atoms with E-state index in [0.29, 0.717) is 12.8 Å². The van der Waals surface area contributed by atoms with Crippen molar-refractivity contribution in [2.24, 2.45) is 0 Å². The molecule has 1 unspecified atom stereocenters. The zero-order chi connectivity index (χ0) is 44.0. The van der Waals surface area contributed by atoms with Gasteiger partial charge < -0.3 is 19.7 Å². The fraction of sp³-hybridized carbons (Fsp3) is 0.898. The predicted octanol–water partition coefficient (Wildman–Crippen LogP) is 14.4. The lowest BCUT2D eigenvalue weighted by molar-refractivity contribution is -0.161. The van der Waals surface area contributed by atoms with E-state index in [9.17, 15) is 23.8 Å². The van der Waals surface area contributed by atoms with Gasteiger partial charge in [0.1, 0.15) is 6.61 Å². The van der Waals surface area contributed by atoms with Gasteiger partial charge in [0.25, 0.3) is 0 Å². The number of nitrogens with one attached hydrogen (secondary N) is 1. The Morgan fingerprint density at radius 3 is 1.33 bits per heavy atom. The van der Waals surface area contributed by atoms with Gasteiger partial charge in [0.2, 0.25) is 5.91 Å². The first-order valence-corrected chi connectivity index (χ1v) is 26.6. The Bertz CT molecular complexity index is 1060. The highest BCUT2D eigenvalue weighted by molar-refractivity contribution is 7.47. The molecule has 0 spiro atoms. The van der Waals surface area contributed by atoms with Gasteiger partial charge in [-0.15, -0.1) is 0 Å². The number of phosphoric acid groups is 1. The van der Waals surface area contributed by atoms with Crippen LogP contribution in [0, 0.1) is 0 Å². The molecule has 0 heterocycles. The molecule has 2 N–H and O–H groups in total. The third-order valence-corrected chi connectivity index (χ3v) is 11.9. The molecule has 0 aromatic heterocycles. The van der Waals surface area contributed by atoms with Crippen molar-refractivity contribution < 1.29 is 42.4 Å². The topological polar surface area (TPSA) is 137 Å². The van der Waals surface area contributed by atoms with Crippen LogP contribution >= 0.6 is 7.82 Å². The van der Waals surface area contributed by atoms with E-state index in [1.165, 1.54) is 135 Å². The Morgan fingerprint density at radius 2 is 0.883 bits per heavy atom. The molecule has 10 nitrogen and oxygen atoms in total. The van der Waals surface area contributed by atoms with E-state index in [2.05, 4.69) is 38.2 Å². The summed E-state index contributed by atoms with van der Waals surface area (Å²) in [4.78, 5) is 47.7. The van der Waals surface area contributed by atoms with Crippen LogP contribution in [0.4, 0.5) is 0 Å². The van der Waals surface area contributed by atoms with Gasteiger partial charge in [-0.3, -0.25) is 23.4 Å². The molecule has 0 aliphatic heterocycles. The summed E-state index contributed by atoms with van der Waals surface area (Å²) in [5, 5.41) is 2.71. The van der Waals surface area contributed by atoms with Gasteiger partial charge in [0.05, 0.1) is 13.2 Å². The predicted molar refractivity (Wildman–Crippen MR) is 248 cm³/mol. The second kappa shape index (κ2) is 45.3. The second-order valence-electron chi connectivity index (χ2n) is 16.9. The second-order valence-corrected chi connectivity index (χ2v) is 18.4. The normalized spacial score (nSPS) is 13.1. The lowest BCUT2D eigenvalue weighted by Crippen LogP contribution is -2.30. The molecule has 354 valence electrons. The number of rotatable bonds is 47. The monoisotopic (exact) mass is 872 g/mol. The van der Waals surface area contributed by atoms with Gasteiger partial charge in [-0.25, -0.2) is 4.57 Å². The van der Waals surface area contributed by atoms with Gasteiger partial charge in [-0.05, 0) is 44.9 Å². The van der Waals surface area contributed by atoms with Crippen LogP contribution in [0.1, 0.15) is 252 Å². The van der Waals surface area contributed by atoms with Gasteiger partial charge in [0.15, 0.2) is 6.10 Å². The van der Waals surface area contributed by atoms with Crippen molar-refractivity contribution in [1.82, 2.24) is 5.32 Å². The molecule has 0 aliphatic rings. The van der Waals surface area contributed by atoms with Gasteiger partial charge in [0, 0.05) is 25.8 Å². The molecule has 0 rings (SSSR count). The quantitative estimate of drug-likeness (QED) is 0.0265. The van der Waals surface area contributed by atoms with Crippen molar-refractivity contribution in [3.63, 3.8) is 0 Å². The molecule has 1 amide bonds. The number of ether oxygens (including phenoxy) is 2. The largest absolute Gasteiger partial charge is 0.472 e. The van der Waals surface area contributed by atoms with E-state index in [0.717, 1.165) is 70.6 Å². The molecule has 11 heteroatoms. The number of phosphoric ester groups is 1. The molecular formula is C49H94NO9P. The summed E-state index contributed by atoms with van der Waals surface area (Å²) >= 11 is 0. The standard InChI is InChI=1S/C49H94NO9P/c1-4-7-10-13-16-18-20-22-23-25-27-29-32-35-38-41-49(53)59-46(44-56-48(52)40-37-34-31-28-26-24-21-19-17-14-11-8-5-2)45-58-60(54,55)57-43-42-50-47(51)39-36-33-30-15-12-9-6-3/h22-23,46H,4-21,24-45H2,1-3H3,(H,50,51)(H,54,55)/b23-22-/t46-/m1/s1. The average molecular weight is 872 g/mol. The Hall–Kier alpha value is -1.74. The van der Waals surface area contributed by atoms with Crippen molar-refractivity contribution in [1.29, 1.82) is 0 Å².